The Kier molecular flexibility index (Phi) is 14.4. The fourth-order valence-corrected chi connectivity index (χ4v) is 14.0. The van der Waals surface area contributed by atoms with Gasteiger partial charge in [-0.15, -0.1) is 13.2 Å². The summed E-state index contributed by atoms with van der Waals surface area (Å²) in [5.41, 5.74) is 0.868. The first-order valence-electron chi connectivity index (χ1n) is 25.3. The summed E-state index contributed by atoms with van der Waals surface area (Å²) in [7, 11) is 1.52. The van der Waals surface area contributed by atoms with E-state index in [0.717, 1.165) is 12.0 Å². The van der Waals surface area contributed by atoms with Gasteiger partial charge in [0.15, 0.2) is 0 Å². The van der Waals surface area contributed by atoms with E-state index in [4.69, 9.17) is 9.47 Å². The van der Waals surface area contributed by atoms with Gasteiger partial charge in [-0.25, -0.2) is 0 Å². The molecule has 16 unspecified atom stereocenters. The van der Waals surface area contributed by atoms with E-state index in [1.807, 2.05) is 92.8 Å². The third-order valence-electron chi connectivity index (χ3n) is 17.1. The molecule has 8 amide bonds. The zero-order valence-corrected chi connectivity index (χ0v) is 40.5. The third kappa shape index (κ3) is 8.42. The van der Waals surface area contributed by atoms with Gasteiger partial charge in [0.2, 0.25) is 47.3 Å². The lowest BCUT2D eigenvalue weighted by atomic mass is 9.86. The minimum absolute atomic E-state index is 0.00185. The Balaban J connectivity index is 0.861. The topological polar surface area (TPSA) is 168 Å². The molecule has 1 aromatic carbocycles. The van der Waals surface area contributed by atoms with Crippen LogP contribution in [-0.4, -0.2) is 113 Å². The van der Waals surface area contributed by atoms with Crippen molar-refractivity contribution in [2.75, 3.05) is 46.6 Å². The number of hydrogen-bond acceptors (Lipinski definition) is 10. The molecule has 0 spiro atoms. The first-order chi connectivity index (χ1) is 33.9. The number of rotatable bonds is 19. The van der Waals surface area contributed by atoms with E-state index >= 15 is 0 Å². The fraction of sp³-hybridized carbons (Fsp3) is 0.536. The molecule has 16 atom stereocenters. The van der Waals surface area contributed by atoms with Crippen molar-refractivity contribution in [2.45, 2.75) is 46.1 Å². The molecule has 0 bridgehead atoms. The summed E-state index contributed by atoms with van der Waals surface area (Å²) < 4.78 is 11.2. The molecule has 0 radical (unpaired) electrons. The molecule has 4 saturated heterocycles. The van der Waals surface area contributed by atoms with Crippen LogP contribution in [-0.2, 0) is 54.4 Å². The number of allylic oxidation sites excluding steroid dienone is 10. The Morgan fingerprint density at radius 1 is 0.443 bits per heavy atom. The van der Waals surface area contributed by atoms with Gasteiger partial charge in [-0.2, -0.15) is 0 Å². The van der Waals surface area contributed by atoms with Gasteiger partial charge in [-0.3, -0.25) is 58.0 Å². The maximum absolute atomic E-state index is 14.2. The second-order valence-electron chi connectivity index (χ2n) is 20.6. The highest BCUT2D eigenvalue weighted by atomic mass is 16.5. The molecule has 4 aliphatic carbocycles. The van der Waals surface area contributed by atoms with E-state index in [1.165, 1.54) is 26.7 Å². The van der Waals surface area contributed by atoms with Gasteiger partial charge < -0.3 is 9.47 Å². The Morgan fingerprint density at radius 2 is 0.743 bits per heavy atom. The van der Waals surface area contributed by atoms with Crippen LogP contribution in [0.5, 0.6) is 0 Å². The van der Waals surface area contributed by atoms with Gasteiger partial charge in [0.25, 0.3) is 0 Å². The quantitative estimate of drug-likeness (QED) is 0.0991. The number of carbonyl (C=O) groups is 8. The van der Waals surface area contributed by atoms with Gasteiger partial charge in [0.1, 0.15) is 0 Å². The van der Waals surface area contributed by atoms with Crippen LogP contribution in [0.1, 0.15) is 45.1 Å². The predicted octanol–water partition coefficient (Wildman–Crippen LogP) is 5.44. The summed E-state index contributed by atoms with van der Waals surface area (Å²) in [6.07, 6.45) is 21.7. The number of hydrogen-bond donors (Lipinski definition) is 0. The zero-order chi connectivity index (χ0) is 49.5. The van der Waals surface area contributed by atoms with Crippen molar-refractivity contribution in [2.24, 2.45) is 94.7 Å². The molecule has 370 valence electrons. The van der Waals surface area contributed by atoms with Crippen LogP contribution in [0.2, 0.25) is 0 Å². The number of ether oxygens (including phenoxy) is 2. The van der Waals surface area contributed by atoms with Crippen LogP contribution in [0.15, 0.2) is 104 Å². The lowest BCUT2D eigenvalue weighted by Gasteiger charge is -2.21. The molecule has 0 aromatic heterocycles. The van der Waals surface area contributed by atoms with Crippen molar-refractivity contribution in [1.82, 2.24) is 19.6 Å². The first kappa shape index (κ1) is 49.1. The average molecular weight is 955 g/mol. The van der Waals surface area contributed by atoms with Gasteiger partial charge in [-0.1, -0.05) is 91.1 Å². The molecule has 8 fully saturated rings. The van der Waals surface area contributed by atoms with E-state index in [-0.39, 0.29) is 152 Å². The molecule has 1 aromatic rings. The van der Waals surface area contributed by atoms with Gasteiger partial charge in [-0.05, 0) is 92.4 Å². The summed E-state index contributed by atoms with van der Waals surface area (Å²) in [6.45, 7) is 12.6. The van der Waals surface area contributed by atoms with Crippen molar-refractivity contribution >= 4 is 47.3 Å². The molecule has 4 saturated carbocycles. The highest BCUT2D eigenvalue weighted by Gasteiger charge is 2.61. The minimum Gasteiger partial charge on any atom is -0.383 e. The first-order valence-corrected chi connectivity index (χ1v) is 25.3. The lowest BCUT2D eigenvalue weighted by Crippen LogP contribution is -2.38. The van der Waals surface area contributed by atoms with E-state index in [1.54, 1.807) is 12.2 Å². The lowest BCUT2D eigenvalue weighted by molar-refractivity contribution is -0.143. The van der Waals surface area contributed by atoms with Gasteiger partial charge in [0, 0.05) is 7.11 Å². The Labute approximate surface area is 410 Å². The fourth-order valence-electron chi connectivity index (χ4n) is 14.0. The van der Waals surface area contributed by atoms with E-state index in [9.17, 15) is 38.4 Å². The predicted molar refractivity (Wildman–Crippen MR) is 257 cm³/mol. The van der Waals surface area contributed by atoms with Crippen LogP contribution in [0.3, 0.4) is 0 Å². The summed E-state index contributed by atoms with van der Waals surface area (Å²) in [6, 6.07) is 9.44. The Bertz CT molecular complexity index is 2390. The smallest absolute Gasteiger partial charge is 0.234 e. The van der Waals surface area contributed by atoms with Crippen molar-refractivity contribution in [3.8, 4) is 0 Å². The SMILES string of the molecule is C=CC1CC(/C=C\C2CC(/C=C\C3CC(C=C)C4C(=O)N(Cc5ccccc5)C(=O)C34)C3C(=O)N(CCOC)C(=O)C23)C2C(=O)N(CCOCCN3C(=O)C4C(C=CC)CC(C=CC)C4C3=O)C(=O)C12. The normalized spacial score (nSPS) is 37.1. The number of benzene rings is 1. The second kappa shape index (κ2) is 20.5. The maximum atomic E-state index is 14.2. The monoisotopic (exact) mass is 954 g/mol. The summed E-state index contributed by atoms with van der Waals surface area (Å²) in [4.78, 5) is 116. The number of nitrogens with zero attached hydrogens (tertiary/aromatic N) is 4. The number of imide groups is 4. The third-order valence-corrected chi connectivity index (χ3v) is 17.1. The molecule has 14 nitrogen and oxygen atoms in total. The van der Waals surface area contributed by atoms with Gasteiger partial charge in [0.05, 0.1) is 93.3 Å². The number of methoxy groups -OCH3 is 1. The minimum atomic E-state index is -0.638. The second-order valence-corrected chi connectivity index (χ2v) is 20.6. The van der Waals surface area contributed by atoms with E-state index in [0.29, 0.717) is 19.3 Å². The van der Waals surface area contributed by atoms with Crippen LogP contribution in [0, 0.1) is 94.7 Å². The highest BCUT2D eigenvalue weighted by Crippen LogP contribution is 2.54. The zero-order valence-electron chi connectivity index (χ0n) is 40.5. The van der Waals surface area contributed by atoms with E-state index in [2.05, 4.69) is 13.2 Å². The van der Waals surface area contributed by atoms with Crippen LogP contribution in [0.4, 0.5) is 0 Å². The van der Waals surface area contributed by atoms with Crippen LogP contribution < -0.4 is 0 Å². The molecule has 14 heteroatoms. The van der Waals surface area contributed by atoms with Crippen molar-refractivity contribution in [3.05, 3.63) is 110 Å². The number of likely N-dealkylation sites (tertiary alicyclic amines) is 4. The number of fused-ring (bicyclic) bond motifs is 4. The van der Waals surface area contributed by atoms with Crippen molar-refractivity contribution in [3.63, 3.8) is 0 Å². The molecule has 0 N–H and O–H groups in total. The molecule has 4 heterocycles. The number of amides is 8. The standard InChI is InChI=1S/C56H66N4O10/c1-6-13-35-29-36(14-7-2)44-43(35)50(62)59(51(44)63)23-26-70-25-22-58-49(61)41-33(8-3)27-37(45(41)52(58)64)17-19-39-30-40(48-47(39)53(65)57(54(48)66)21-24-69-5)20-18-38-28-34(9-4)42-46(38)56(68)60(55(42)67)31-32-15-11-10-12-16-32/h6-20,33-48H,3-4,21-31H2,1-2,5H3/b13-6?,14-7?,19-17-,20-18-. The summed E-state index contributed by atoms with van der Waals surface area (Å²) in [5.74, 6) is -7.84. The van der Waals surface area contributed by atoms with Gasteiger partial charge >= 0.3 is 0 Å². The number of carbonyl (C=O) groups excluding carboxylic acids is 8. The van der Waals surface area contributed by atoms with Crippen molar-refractivity contribution in [1.29, 1.82) is 0 Å². The largest absolute Gasteiger partial charge is 0.383 e. The molecular weight excluding hydrogens is 889 g/mol. The Morgan fingerprint density at radius 3 is 1.07 bits per heavy atom. The maximum Gasteiger partial charge on any atom is 0.234 e. The molecule has 8 aliphatic rings. The van der Waals surface area contributed by atoms with Crippen LogP contribution in [0.25, 0.3) is 0 Å². The molecule has 70 heavy (non-hydrogen) atoms. The van der Waals surface area contributed by atoms with Crippen molar-refractivity contribution < 1.29 is 47.8 Å². The summed E-state index contributed by atoms with van der Waals surface area (Å²) >= 11 is 0. The molecule has 9 rings (SSSR count). The Hall–Kier alpha value is -5.86. The molecule has 4 aliphatic heterocycles. The summed E-state index contributed by atoms with van der Waals surface area (Å²) in [5, 5.41) is 0. The van der Waals surface area contributed by atoms with E-state index < -0.39 is 35.5 Å². The average Bonchev–Trinajstić information content (AvgIpc) is 4.23. The van der Waals surface area contributed by atoms with Crippen LogP contribution >= 0.6 is 0 Å². The highest BCUT2D eigenvalue weighted by molar-refractivity contribution is 6.08. The molecular formula is C56H66N4O10.